The number of amides is 1. The number of hydrogen-bond donors (Lipinski definition) is 2. The van der Waals surface area contributed by atoms with Crippen LogP contribution in [0.25, 0.3) is 16.8 Å². The molecule has 2 atom stereocenters. The number of thiophene rings is 1. The molecule has 0 radical (unpaired) electrons. The normalized spacial score (nSPS) is 20.6. The second-order valence-electron chi connectivity index (χ2n) is 8.35. The summed E-state index contributed by atoms with van der Waals surface area (Å²) in [5.74, 6) is -2.94. The molecule has 1 aliphatic carbocycles. The van der Waals surface area contributed by atoms with E-state index in [-0.39, 0.29) is 12.5 Å². The molecule has 10 heteroatoms. The van der Waals surface area contributed by atoms with Crippen molar-refractivity contribution in [3.8, 4) is 16.9 Å². The Bertz CT molecular complexity index is 1130. The zero-order valence-corrected chi connectivity index (χ0v) is 19.1. The Labute approximate surface area is 189 Å². The third-order valence-corrected chi connectivity index (χ3v) is 6.84. The smallest absolute Gasteiger partial charge is 0.269 e. The summed E-state index contributed by atoms with van der Waals surface area (Å²) in [4.78, 5) is 18.7. The molecule has 0 spiro atoms. The average molecular weight is 464 g/mol. The summed E-state index contributed by atoms with van der Waals surface area (Å²) in [5.41, 5.74) is 8.12. The van der Waals surface area contributed by atoms with Gasteiger partial charge in [0.25, 0.3) is 11.8 Å². The average Bonchev–Trinajstić information content (AvgIpc) is 3.33. The number of rotatable bonds is 6. The molecule has 0 aromatic carbocycles. The van der Waals surface area contributed by atoms with E-state index in [2.05, 4.69) is 15.4 Å². The van der Waals surface area contributed by atoms with Crippen molar-refractivity contribution < 1.29 is 18.3 Å². The number of aromatic nitrogens is 3. The maximum Gasteiger partial charge on any atom is 0.269 e. The molecule has 0 aliphatic heterocycles. The van der Waals surface area contributed by atoms with Crippen LogP contribution in [0.1, 0.15) is 54.6 Å². The summed E-state index contributed by atoms with van der Waals surface area (Å²) >= 11 is 1.29. The molecule has 1 amide bonds. The summed E-state index contributed by atoms with van der Waals surface area (Å²) in [6, 6.07) is -0.404. The van der Waals surface area contributed by atoms with Crippen LogP contribution in [0.15, 0.2) is 24.7 Å². The lowest BCUT2D eigenvalue weighted by Gasteiger charge is -2.36. The van der Waals surface area contributed by atoms with E-state index in [1.54, 1.807) is 29.2 Å². The molecule has 0 unspecified atom stereocenters. The second-order valence-corrected chi connectivity index (χ2v) is 9.49. The van der Waals surface area contributed by atoms with Crippen molar-refractivity contribution in [1.29, 1.82) is 0 Å². The number of nitrogens with one attached hydrogen (secondary N) is 1. The Kier molecular flexibility index (Phi) is 6.17. The van der Waals surface area contributed by atoms with Crippen LogP contribution in [-0.4, -0.2) is 44.6 Å². The van der Waals surface area contributed by atoms with E-state index in [1.165, 1.54) is 11.3 Å². The van der Waals surface area contributed by atoms with E-state index >= 15 is 0 Å². The van der Waals surface area contributed by atoms with Crippen molar-refractivity contribution in [2.45, 2.75) is 70.6 Å². The van der Waals surface area contributed by atoms with Crippen LogP contribution in [-0.2, 0) is 6.42 Å². The Morgan fingerprint density at radius 1 is 1.41 bits per heavy atom. The van der Waals surface area contributed by atoms with Crippen LogP contribution < -0.4 is 15.8 Å². The summed E-state index contributed by atoms with van der Waals surface area (Å²) in [6.45, 7) is 5.84. The number of alkyl halides is 2. The Hall–Kier alpha value is -2.59. The quantitative estimate of drug-likeness (QED) is 0.575. The molecule has 3 aromatic heterocycles. The molecule has 7 nitrogen and oxygen atoms in total. The van der Waals surface area contributed by atoms with Gasteiger partial charge < -0.3 is 15.8 Å². The third kappa shape index (κ3) is 4.33. The van der Waals surface area contributed by atoms with Gasteiger partial charge >= 0.3 is 0 Å². The van der Waals surface area contributed by atoms with Gasteiger partial charge in [0.2, 0.25) is 0 Å². The summed E-state index contributed by atoms with van der Waals surface area (Å²) in [6.07, 6.45) is 6.33. The molecule has 1 aliphatic rings. The van der Waals surface area contributed by atoms with Gasteiger partial charge in [-0.25, -0.2) is 18.3 Å². The van der Waals surface area contributed by atoms with Gasteiger partial charge in [0, 0.05) is 28.5 Å². The second kappa shape index (κ2) is 8.74. The first kappa shape index (κ1) is 22.6. The molecule has 0 bridgehead atoms. The van der Waals surface area contributed by atoms with Gasteiger partial charge in [-0.2, -0.15) is 5.10 Å². The number of carbonyl (C=O) groups excluding carboxylic acids is 1. The van der Waals surface area contributed by atoms with Crippen molar-refractivity contribution in [2.75, 3.05) is 0 Å². The highest BCUT2D eigenvalue weighted by atomic mass is 32.1. The van der Waals surface area contributed by atoms with Crippen molar-refractivity contribution >= 4 is 22.9 Å². The molecular formula is C22H27F2N5O2S. The largest absolute Gasteiger partial charge is 0.488 e. The Balaban J connectivity index is 1.63. The number of aryl methyl sites for hydroxylation is 1. The lowest BCUT2D eigenvalue weighted by Crippen LogP contribution is -2.59. The fourth-order valence-corrected chi connectivity index (χ4v) is 5.06. The van der Waals surface area contributed by atoms with E-state index in [9.17, 15) is 13.6 Å². The van der Waals surface area contributed by atoms with E-state index in [1.807, 2.05) is 20.8 Å². The summed E-state index contributed by atoms with van der Waals surface area (Å²) < 4.78 is 36.0. The van der Waals surface area contributed by atoms with Crippen LogP contribution in [0.2, 0.25) is 0 Å². The molecule has 32 heavy (non-hydrogen) atoms. The van der Waals surface area contributed by atoms with Crippen molar-refractivity contribution in [2.24, 2.45) is 5.73 Å². The topological polar surface area (TPSA) is 94.5 Å². The molecule has 172 valence electrons. The van der Waals surface area contributed by atoms with Gasteiger partial charge in [0.1, 0.15) is 6.04 Å². The third-order valence-electron chi connectivity index (χ3n) is 5.57. The van der Waals surface area contributed by atoms with Gasteiger partial charge in [0.05, 0.1) is 29.6 Å². The minimum absolute atomic E-state index is 0.0126. The first-order valence-electron chi connectivity index (χ1n) is 10.8. The molecule has 4 rings (SSSR count). The Morgan fingerprint density at radius 2 is 2.19 bits per heavy atom. The standard InChI is InChI=1S/C22H27F2N5O2S/c1-4-17-14(15-10-27-29-11-13(31-12(2)3)9-26-20(15)29)8-18(32-17)21(30)28-19-16(25)6-5-7-22(19,23)24/h8-12,16,19H,4-7,25H2,1-3H3,(H,28,30)/t16-,19+/m0/s1. The minimum atomic E-state index is -3.01. The number of nitrogens with two attached hydrogens (primary N) is 1. The Morgan fingerprint density at radius 3 is 2.88 bits per heavy atom. The van der Waals surface area contributed by atoms with Crippen LogP contribution in [0, 0.1) is 0 Å². The fourth-order valence-electron chi connectivity index (χ4n) is 4.05. The van der Waals surface area contributed by atoms with E-state index in [4.69, 9.17) is 10.5 Å². The highest BCUT2D eigenvalue weighted by molar-refractivity contribution is 7.14. The van der Waals surface area contributed by atoms with Crippen molar-refractivity contribution in [3.63, 3.8) is 0 Å². The van der Waals surface area contributed by atoms with Gasteiger partial charge in [0.15, 0.2) is 11.4 Å². The molecule has 1 fully saturated rings. The molecule has 1 saturated carbocycles. The molecular weight excluding hydrogens is 436 g/mol. The number of hydrogen-bond acceptors (Lipinski definition) is 6. The van der Waals surface area contributed by atoms with Gasteiger partial charge in [-0.1, -0.05) is 6.92 Å². The number of ether oxygens (including phenoxy) is 1. The predicted octanol–water partition coefficient (Wildman–Crippen LogP) is 4.05. The molecule has 3 N–H and O–H groups in total. The fraction of sp³-hybridized carbons (Fsp3) is 0.500. The number of fused-ring (bicyclic) bond motifs is 1. The monoisotopic (exact) mass is 463 g/mol. The lowest BCUT2D eigenvalue weighted by molar-refractivity contribution is -0.0674. The van der Waals surface area contributed by atoms with E-state index in [0.29, 0.717) is 35.5 Å². The highest BCUT2D eigenvalue weighted by Gasteiger charge is 2.46. The highest BCUT2D eigenvalue weighted by Crippen LogP contribution is 2.36. The zero-order chi connectivity index (χ0) is 23.0. The van der Waals surface area contributed by atoms with Crippen LogP contribution in [0.3, 0.4) is 0 Å². The van der Waals surface area contributed by atoms with Gasteiger partial charge in [-0.05, 0) is 39.2 Å². The van der Waals surface area contributed by atoms with E-state index in [0.717, 1.165) is 16.0 Å². The number of carbonyl (C=O) groups is 1. The van der Waals surface area contributed by atoms with Crippen molar-refractivity contribution in [3.05, 3.63) is 34.4 Å². The van der Waals surface area contributed by atoms with Crippen molar-refractivity contribution in [1.82, 2.24) is 19.9 Å². The molecule has 3 aromatic rings. The number of halogens is 2. The van der Waals surface area contributed by atoms with Gasteiger partial charge in [-0.3, -0.25) is 4.79 Å². The lowest BCUT2D eigenvalue weighted by atomic mass is 9.87. The summed E-state index contributed by atoms with van der Waals surface area (Å²) in [5, 5.41) is 6.87. The first-order chi connectivity index (χ1) is 15.2. The molecule has 0 saturated heterocycles. The van der Waals surface area contributed by atoms with Crippen LogP contribution in [0.5, 0.6) is 5.75 Å². The minimum Gasteiger partial charge on any atom is -0.488 e. The van der Waals surface area contributed by atoms with Crippen LogP contribution in [0.4, 0.5) is 8.78 Å². The van der Waals surface area contributed by atoms with Gasteiger partial charge in [-0.15, -0.1) is 11.3 Å². The maximum absolute atomic E-state index is 14.3. The first-order valence-corrected chi connectivity index (χ1v) is 11.6. The van der Waals surface area contributed by atoms with Crippen LogP contribution >= 0.6 is 11.3 Å². The summed E-state index contributed by atoms with van der Waals surface area (Å²) in [7, 11) is 0. The predicted molar refractivity (Wildman–Crippen MR) is 119 cm³/mol. The zero-order valence-electron chi connectivity index (χ0n) is 18.3. The SMILES string of the molecule is CCc1sc(C(=O)N[C@@H]2[C@@H](N)CCCC2(F)F)cc1-c1cnn2cc(OC(C)C)cnc12. The molecule has 3 heterocycles. The maximum atomic E-state index is 14.3. The number of nitrogens with zero attached hydrogens (tertiary/aromatic N) is 3. The van der Waals surface area contributed by atoms with E-state index < -0.39 is 23.9 Å².